The number of rotatable bonds is 3. The van der Waals surface area contributed by atoms with Gasteiger partial charge < -0.3 is 9.09 Å². The van der Waals surface area contributed by atoms with Gasteiger partial charge in [-0.05, 0) is 31.4 Å². The first-order valence-electron chi connectivity index (χ1n) is 9.24. The fraction of sp³-hybridized carbons (Fsp3) is 0.318. The largest absolute Gasteiger partial charge is 0.364 e. The number of fused-ring (bicyclic) bond motifs is 1. The number of aryl methyl sites for hydroxylation is 2. The van der Waals surface area contributed by atoms with Gasteiger partial charge in [0.15, 0.2) is 5.65 Å². The molecule has 0 aliphatic rings. The van der Waals surface area contributed by atoms with E-state index in [-0.39, 0.29) is 0 Å². The van der Waals surface area contributed by atoms with Crippen LogP contribution in [0.5, 0.6) is 0 Å². The zero-order valence-electron chi connectivity index (χ0n) is 16.6. The SMILES string of the molecule is CC(C)C.Cc1nocc1-c1cnc2nc(C)n(Cc3ccccc3)c2c1. The van der Waals surface area contributed by atoms with Crippen LogP contribution in [-0.4, -0.2) is 19.7 Å². The Kier molecular flexibility index (Phi) is 5.69. The van der Waals surface area contributed by atoms with Crippen molar-refractivity contribution in [2.45, 2.75) is 41.2 Å². The van der Waals surface area contributed by atoms with E-state index >= 15 is 0 Å². The number of benzene rings is 1. The summed E-state index contributed by atoms with van der Waals surface area (Å²) < 4.78 is 7.23. The minimum absolute atomic E-state index is 0.760. The predicted molar refractivity (Wildman–Crippen MR) is 109 cm³/mol. The quantitative estimate of drug-likeness (QED) is 0.489. The Labute approximate surface area is 160 Å². The molecule has 0 atom stereocenters. The summed E-state index contributed by atoms with van der Waals surface area (Å²) >= 11 is 0. The highest BCUT2D eigenvalue weighted by molar-refractivity contribution is 5.79. The first-order valence-corrected chi connectivity index (χ1v) is 9.24. The summed E-state index contributed by atoms with van der Waals surface area (Å²) in [5, 5.41) is 3.94. The van der Waals surface area contributed by atoms with E-state index in [4.69, 9.17) is 4.52 Å². The smallest absolute Gasteiger partial charge is 0.177 e. The van der Waals surface area contributed by atoms with E-state index in [2.05, 4.69) is 58.7 Å². The fourth-order valence-corrected chi connectivity index (χ4v) is 2.80. The fourth-order valence-electron chi connectivity index (χ4n) is 2.80. The van der Waals surface area contributed by atoms with E-state index < -0.39 is 0 Å². The molecule has 4 rings (SSSR count). The van der Waals surface area contributed by atoms with Crippen LogP contribution in [0.2, 0.25) is 0 Å². The lowest BCUT2D eigenvalue weighted by Gasteiger charge is -2.07. The Hall–Kier alpha value is -2.95. The van der Waals surface area contributed by atoms with Crippen LogP contribution in [0.25, 0.3) is 22.3 Å². The molecule has 27 heavy (non-hydrogen) atoms. The van der Waals surface area contributed by atoms with Gasteiger partial charge >= 0.3 is 0 Å². The summed E-state index contributed by atoms with van der Waals surface area (Å²) in [5.41, 5.74) is 5.83. The molecular weight excluding hydrogens is 336 g/mol. The van der Waals surface area contributed by atoms with Gasteiger partial charge in [0.25, 0.3) is 0 Å². The maximum atomic E-state index is 5.04. The van der Waals surface area contributed by atoms with E-state index in [1.165, 1.54) is 5.56 Å². The van der Waals surface area contributed by atoms with Crippen molar-refractivity contribution in [2.24, 2.45) is 5.92 Å². The third kappa shape index (κ3) is 4.42. The highest BCUT2D eigenvalue weighted by Crippen LogP contribution is 2.26. The van der Waals surface area contributed by atoms with Gasteiger partial charge in [-0.3, -0.25) is 0 Å². The van der Waals surface area contributed by atoms with Crippen molar-refractivity contribution in [3.8, 4) is 11.1 Å². The molecule has 0 radical (unpaired) electrons. The molecule has 0 spiro atoms. The number of nitrogens with zero attached hydrogens (tertiary/aromatic N) is 4. The van der Waals surface area contributed by atoms with Gasteiger partial charge in [0.2, 0.25) is 0 Å². The van der Waals surface area contributed by atoms with Gasteiger partial charge in [0, 0.05) is 23.9 Å². The average Bonchev–Trinajstić information content (AvgIpc) is 3.19. The van der Waals surface area contributed by atoms with Gasteiger partial charge in [0.1, 0.15) is 12.1 Å². The lowest BCUT2D eigenvalue weighted by Crippen LogP contribution is -2.01. The molecule has 0 aliphatic carbocycles. The van der Waals surface area contributed by atoms with Gasteiger partial charge in [-0.25, -0.2) is 9.97 Å². The van der Waals surface area contributed by atoms with Crippen molar-refractivity contribution < 1.29 is 4.52 Å². The highest BCUT2D eigenvalue weighted by atomic mass is 16.5. The monoisotopic (exact) mass is 362 g/mol. The molecule has 5 heteroatoms. The van der Waals surface area contributed by atoms with E-state index in [1.54, 1.807) is 6.26 Å². The second-order valence-electron chi connectivity index (χ2n) is 7.34. The molecule has 0 amide bonds. The van der Waals surface area contributed by atoms with E-state index in [0.29, 0.717) is 0 Å². The standard InChI is InChI=1S/C18H16N4O.C4H10/c1-12-16(11-23-21-12)15-8-17-18(19-9-15)20-13(2)22(17)10-14-6-4-3-5-7-14;1-4(2)3/h3-9,11H,10H2,1-2H3;4H,1-3H3. The Morgan fingerprint density at radius 1 is 1.07 bits per heavy atom. The molecule has 0 fully saturated rings. The topological polar surface area (TPSA) is 56.7 Å². The van der Waals surface area contributed by atoms with Crippen LogP contribution in [0.15, 0.2) is 53.4 Å². The van der Waals surface area contributed by atoms with Gasteiger partial charge in [-0.15, -0.1) is 0 Å². The lowest BCUT2D eigenvalue weighted by atomic mass is 10.1. The van der Waals surface area contributed by atoms with Crippen LogP contribution >= 0.6 is 0 Å². The molecule has 3 heterocycles. The summed E-state index contributed by atoms with van der Waals surface area (Å²) in [4.78, 5) is 9.07. The van der Waals surface area contributed by atoms with E-state index in [0.717, 1.165) is 46.3 Å². The van der Waals surface area contributed by atoms with Gasteiger partial charge in [0.05, 0.1) is 11.2 Å². The molecule has 0 saturated carbocycles. The Morgan fingerprint density at radius 3 is 2.41 bits per heavy atom. The Balaban J connectivity index is 0.000000481. The number of hydrogen-bond donors (Lipinski definition) is 0. The molecule has 0 bridgehead atoms. The first-order chi connectivity index (χ1) is 13.0. The molecule has 4 aromatic rings. The van der Waals surface area contributed by atoms with Crippen molar-refractivity contribution in [1.29, 1.82) is 0 Å². The van der Waals surface area contributed by atoms with Crippen LogP contribution in [0.3, 0.4) is 0 Å². The molecular formula is C22H26N4O. The second kappa shape index (κ2) is 8.16. The third-order valence-corrected chi connectivity index (χ3v) is 4.04. The van der Waals surface area contributed by atoms with Crippen LogP contribution in [0.4, 0.5) is 0 Å². The molecule has 0 unspecified atom stereocenters. The number of hydrogen-bond acceptors (Lipinski definition) is 4. The first kappa shape index (κ1) is 18.8. The van der Waals surface area contributed by atoms with Crippen molar-refractivity contribution in [2.75, 3.05) is 0 Å². The lowest BCUT2D eigenvalue weighted by molar-refractivity contribution is 0.415. The molecule has 0 saturated heterocycles. The summed E-state index contributed by atoms with van der Waals surface area (Å²) in [7, 11) is 0. The minimum Gasteiger partial charge on any atom is -0.364 e. The van der Waals surface area contributed by atoms with Crippen molar-refractivity contribution >= 4 is 11.2 Å². The van der Waals surface area contributed by atoms with Crippen molar-refractivity contribution in [3.63, 3.8) is 0 Å². The highest BCUT2D eigenvalue weighted by Gasteiger charge is 2.13. The third-order valence-electron chi connectivity index (χ3n) is 4.04. The molecule has 3 aromatic heterocycles. The number of aromatic nitrogens is 4. The Bertz CT molecular complexity index is 1010. The van der Waals surface area contributed by atoms with Crippen molar-refractivity contribution in [3.05, 3.63) is 65.9 Å². The molecule has 140 valence electrons. The van der Waals surface area contributed by atoms with Crippen LogP contribution < -0.4 is 0 Å². The van der Waals surface area contributed by atoms with Crippen LogP contribution in [-0.2, 0) is 6.54 Å². The van der Waals surface area contributed by atoms with Crippen molar-refractivity contribution in [1.82, 2.24) is 19.7 Å². The molecule has 0 aliphatic heterocycles. The molecule has 0 N–H and O–H groups in total. The summed E-state index contributed by atoms with van der Waals surface area (Å²) in [6.07, 6.45) is 3.48. The second-order valence-corrected chi connectivity index (χ2v) is 7.34. The number of imidazole rings is 1. The van der Waals surface area contributed by atoms with Gasteiger partial charge in [-0.2, -0.15) is 0 Å². The maximum absolute atomic E-state index is 5.04. The van der Waals surface area contributed by atoms with E-state index in [9.17, 15) is 0 Å². The number of pyridine rings is 1. The zero-order chi connectivity index (χ0) is 19.4. The van der Waals surface area contributed by atoms with Crippen LogP contribution in [0, 0.1) is 19.8 Å². The van der Waals surface area contributed by atoms with Crippen LogP contribution in [0.1, 0.15) is 37.9 Å². The normalized spacial score (nSPS) is 10.9. The summed E-state index contributed by atoms with van der Waals surface area (Å²) in [6, 6.07) is 12.5. The average molecular weight is 362 g/mol. The predicted octanol–water partition coefficient (Wildman–Crippen LogP) is 5.41. The summed E-state index contributed by atoms with van der Waals surface area (Å²) in [6.45, 7) is 11.2. The molecule has 1 aromatic carbocycles. The minimum atomic E-state index is 0.760. The Morgan fingerprint density at radius 2 is 1.78 bits per heavy atom. The summed E-state index contributed by atoms with van der Waals surface area (Å²) in [5.74, 6) is 1.79. The maximum Gasteiger partial charge on any atom is 0.177 e. The van der Waals surface area contributed by atoms with Gasteiger partial charge in [-0.1, -0.05) is 56.3 Å². The zero-order valence-corrected chi connectivity index (χ0v) is 16.6. The molecule has 5 nitrogen and oxygen atoms in total. The van der Waals surface area contributed by atoms with E-state index in [1.807, 2.05) is 38.2 Å².